The maximum Gasteiger partial charge on any atom is 0.317 e. The molecule has 0 spiro atoms. The highest BCUT2D eigenvalue weighted by Crippen LogP contribution is 2.11. The number of methoxy groups -OCH3 is 1. The first-order valence-electron chi connectivity index (χ1n) is 9.66. The Kier molecular flexibility index (Phi) is 7.11. The molecule has 0 radical (unpaired) electrons. The average Bonchev–Trinajstić information content (AvgIpc) is 2.74. The topological polar surface area (TPSA) is 44.8 Å². The summed E-state index contributed by atoms with van der Waals surface area (Å²) in [6, 6.07) is 18.6. The van der Waals surface area contributed by atoms with Gasteiger partial charge in [0.25, 0.3) is 0 Å². The van der Waals surface area contributed by atoms with Crippen LogP contribution in [0, 0.1) is 0 Å². The van der Waals surface area contributed by atoms with Gasteiger partial charge in [-0.2, -0.15) is 0 Å². The Morgan fingerprint density at radius 3 is 2.26 bits per heavy atom. The summed E-state index contributed by atoms with van der Waals surface area (Å²) in [6.45, 7) is 5.18. The Labute approximate surface area is 161 Å². The summed E-state index contributed by atoms with van der Waals surface area (Å²) >= 11 is 0. The molecule has 5 heteroatoms. The number of nitrogens with one attached hydrogen (secondary N) is 1. The zero-order chi connectivity index (χ0) is 18.9. The second-order valence-corrected chi connectivity index (χ2v) is 6.89. The zero-order valence-electron chi connectivity index (χ0n) is 16.1. The first-order chi connectivity index (χ1) is 13.2. The van der Waals surface area contributed by atoms with Crippen molar-refractivity contribution in [2.75, 3.05) is 46.4 Å². The lowest BCUT2D eigenvalue weighted by atomic mass is 10.1. The monoisotopic (exact) mass is 367 g/mol. The third-order valence-corrected chi connectivity index (χ3v) is 5.07. The van der Waals surface area contributed by atoms with Crippen LogP contribution in [0.3, 0.4) is 0 Å². The van der Waals surface area contributed by atoms with Crippen molar-refractivity contribution >= 4 is 6.03 Å². The Morgan fingerprint density at radius 1 is 0.926 bits per heavy atom. The fourth-order valence-corrected chi connectivity index (χ4v) is 3.32. The lowest BCUT2D eigenvalue weighted by molar-refractivity contribution is 0.140. The van der Waals surface area contributed by atoms with Gasteiger partial charge in [0.05, 0.1) is 7.11 Å². The highest BCUT2D eigenvalue weighted by Gasteiger charge is 2.20. The van der Waals surface area contributed by atoms with E-state index in [1.165, 1.54) is 11.1 Å². The Hall–Kier alpha value is -2.53. The Morgan fingerprint density at radius 2 is 1.59 bits per heavy atom. The maximum atomic E-state index is 12.4. The number of hydrogen-bond donors (Lipinski definition) is 1. The average molecular weight is 367 g/mol. The van der Waals surface area contributed by atoms with Gasteiger partial charge in [-0.15, -0.1) is 0 Å². The van der Waals surface area contributed by atoms with E-state index in [1.54, 1.807) is 7.11 Å². The van der Waals surface area contributed by atoms with Gasteiger partial charge in [0.2, 0.25) is 0 Å². The maximum absolute atomic E-state index is 12.4. The van der Waals surface area contributed by atoms with Crippen LogP contribution in [-0.2, 0) is 12.8 Å². The van der Waals surface area contributed by atoms with Crippen LogP contribution in [0.4, 0.5) is 4.79 Å². The third-order valence-electron chi connectivity index (χ3n) is 5.07. The standard InChI is InChI=1S/C22H29N3O2/c1-27-21-9-7-20(8-10-21)11-13-23-22(26)25-17-15-24(16-18-25)14-12-19-5-3-2-4-6-19/h2-10H,11-18H2,1H3,(H,23,26). The lowest BCUT2D eigenvalue weighted by Crippen LogP contribution is -2.52. The first-order valence-corrected chi connectivity index (χ1v) is 9.66. The molecule has 0 saturated carbocycles. The molecule has 1 aliphatic heterocycles. The van der Waals surface area contributed by atoms with Gasteiger partial charge in [0, 0.05) is 39.3 Å². The van der Waals surface area contributed by atoms with Crippen LogP contribution < -0.4 is 10.1 Å². The number of nitrogens with zero attached hydrogens (tertiary/aromatic N) is 2. The number of ether oxygens (including phenoxy) is 1. The molecule has 144 valence electrons. The fraction of sp³-hybridized carbons (Fsp3) is 0.409. The van der Waals surface area contributed by atoms with Crippen LogP contribution in [0.5, 0.6) is 5.75 Å². The smallest absolute Gasteiger partial charge is 0.317 e. The summed E-state index contributed by atoms with van der Waals surface area (Å²) in [5.41, 5.74) is 2.57. The molecular weight excluding hydrogens is 338 g/mol. The van der Waals surface area contributed by atoms with Crippen molar-refractivity contribution in [3.8, 4) is 5.75 Å². The molecule has 2 amide bonds. The highest BCUT2D eigenvalue weighted by molar-refractivity contribution is 5.74. The van der Waals surface area contributed by atoms with Crippen molar-refractivity contribution in [2.24, 2.45) is 0 Å². The molecule has 1 aliphatic rings. The summed E-state index contributed by atoms with van der Waals surface area (Å²) in [7, 11) is 1.66. The Bertz CT molecular complexity index is 695. The van der Waals surface area contributed by atoms with Crippen molar-refractivity contribution in [1.29, 1.82) is 0 Å². The van der Waals surface area contributed by atoms with E-state index in [1.807, 2.05) is 29.2 Å². The van der Waals surface area contributed by atoms with Gasteiger partial charge >= 0.3 is 6.03 Å². The second-order valence-electron chi connectivity index (χ2n) is 6.89. The Balaban J connectivity index is 1.33. The van der Waals surface area contributed by atoms with E-state index in [4.69, 9.17) is 4.74 Å². The second kappa shape index (κ2) is 9.97. The van der Waals surface area contributed by atoms with Crippen molar-refractivity contribution in [2.45, 2.75) is 12.8 Å². The third kappa shape index (κ3) is 6.00. The number of carbonyl (C=O) groups excluding carboxylic acids is 1. The molecule has 1 heterocycles. The quantitative estimate of drug-likeness (QED) is 0.818. The summed E-state index contributed by atoms with van der Waals surface area (Å²) in [5, 5.41) is 3.04. The van der Waals surface area contributed by atoms with Gasteiger partial charge in [-0.3, -0.25) is 4.90 Å². The summed E-state index contributed by atoms with van der Waals surface area (Å²) in [6.07, 6.45) is 1.89. The predicted octanol–water partition coefficient (Wildman–Crippen LogP) is 2.81. The van der Waals surface area contributed by atoms with E-state index in [0.29, 0.717) is 6.54 Å². The van der Waals surface area contributed by atoms with Crippen LogP contribution in [0.15, 0.2) is 54.6 Å². The van der Waals surface area contributed by atoms with E-state index >= 15 is 0 Å². The van der Waals surface area contributed by atoms with Crippen LogP contribution in [0.25, 0.3) is 0 Å². The summed E-state index contributed by atoms with van der Waals surface area (Å²) in [5.74, 6) is 0.855. The largest absolute Gasteiger partial charge is 0.497 e. The van der Waals surface area contributed by atoms with Gasteiger partial charge < -0.3 is 15.0 Å². The van der Waals surface area contributed by atoms with Gasteiger partial charge in [-0.05, 0) is 36.1 Å². The SMILES string of the molecule is COc1ccc(CCNC(=O)N2CCN(CCc3ccccc3)CC2)cc1. The molecule has 27 heavy (non-hydrogen) atoms. The number of rotatable bonds is 7. The molecule has 0 aliphatic carbocycles. The number of hydrogen-bond acceptors (Lipinski definition) is 3. The molecular formula is C22H29N3O2. The number of benzene rings is 2. The number of carbonyl (C=O) groups is 1. The van der Waals surface area contributed by atoms with Crippen molar-refractivity contribution in [1.82, 2.24) is 15.1 Å². The number of urea groups is 1. The predicted molar refractivity (Wildman–Crippen MR) is 108 cm³/mol. The van der Waals surface area contributed by atoms with Crippen molar-refractivity contribution in [3.63, 3.8) is 0 Å². The van der Waals surface area contributed by atoms with Crippen LogP contribution >= 0.6 is 0 Å². The molecule has 0 atom stereocenters. The molecule has 3 rings (SSSR count). The van der Waals surface area contributed by atoms with Crippen LogP contribution in [0.1, 0.15) is 11.1 Å². The van der Waals surface area contributed by atoms with E-state index in [0.717, 1.165) is 51.3 Å². The van der Waals surface area contributed by atoms with Gasteiger partial charge in [-0.1, -0.05) is 42.5 Å². The molecule has 0 bridgehead atoms. The molecule has 2 aromatic carbocycles. The van der Waals surface area contributed by atoms with E-state index in [-0.39, 0.29) is 6.03 Å². The number of amides is 2. The molecule has 1 saturated heterocycles. The van der Waals surface area contributed by atoms with Gasteiger partial charge in [0.1, 0.15) is 5.75 Å². The van der Waals surface area contributed by atoms with E-state index in [9.17, 15) is 4.79 Å². The minimum Gasteiger partial charge on any atom is -0.497 e. The normalized spacial score (nSPS) is 14.8. The van der Waals surface area contributed by atoms with Crippen molar-refractivity contribution < 1.29 is 9.53 Å². The zero-order valence-corrected chi connectivity index (χ0v) is 16.1. The summed E-state index contributed by atoms with van der Waals surface area (Å²) in [4.78, 5) is 16.7. The van der Waals surface area contributed by atoms with Gasteiger partial charge in [0.15, 0.2) is 0 Å². The molecule has 1 N–H and O–H groups in total. The van der Waals surface area contributed by atoms with Crippen LogP contribution in [0.2, 0.25) is 0 Å². The molecule has 2 aromatic rings. The first kappa shape index (κ1) is 19.2. The van der Waals surface area contributed by atoms with Crippen LogP contribution in [-0.4, -0.2) is 62.2 Å². The molecule has 1 fully saturated rings. The molecule has 5 nitrogen and oxygen atoms in total. The lowest BCUT2D eigenvalue weighted by Gasteiger charge is -2.34. The fourth-order valence-electron chi connectivity index (χ4n) is 3.32. The highest BCUT2D eigenvalue weighted by atomic mass is 16.5. The van der Waals surface area contributed by atoms with E-state index < -0.39 is 0 Å². The van der Waals surface area contributed by atoms with E-state index in [2.05, 4.69) is 40.5 Å². The summed E-state index contributed by atoms with van der Waals surface area (Å²) < 4.78 is 5.16. The molecule has 0 unspecified atom stereocenters. The van der Waals surface area contributed by atoms with Crippen molar-refractivity contribution in [3.05, 3.63) is 65.7 Å². The van der Waals surface area contributed by atoms with Gasteiger partial charge in [-0.25, -0.2) is 4.79 Å². The minimum absolute atomic E-state index is 0.0474. The minimum atomic E-state index is 0.0474. The molecule has 0 aromatic heterocycles. The number of piperazine rings is 1.